The summed E-state index contributed by atoms with van der Waals surface area (Å²) in [5, 5.41) is 15.1. The lowest BCUT2D eigenvalue weighted by Crippen LogP contribution is -2.14. The van der Waals surface area contributed by atoms with Gasteiger partial charge in [-0.05, 0) is 48.9 Å². The predicted molar refractivity (Wildman–Crippen MR) is 88.5 cm³/mol. The third-order valence-corrected chi connectivity index (χ3v) is 3.52. The zero-order valence-electron chi connectivity index (χ0n) is 12.2. The number of nitrogens with one attached hydrogen (secondary N) is 2. The van der Waals surface area contributed by atoms with Gasteiger partial charge in [-0.25, -0.2) is 4.39 Å². The molecule has 4 nitrogen and oxygen atoms in total. The zero-order chi connectivity index (χ0) is 16.8. The van der Waals surface area contributed by atoms with Crippen LogP contribution in [-0.4, -0.2) is 5.91 Å². The molecule has 6 heteroatoms. The van der Waals surface area contributed by atoms with Crippen LogP contribution in [0.5, 0.6) is 0 Å². The molecule has 0 heterocycles. The van der Waals surface area contributed by atoms with Gasteiger partial charge in [-0.3, -0.25) is 4.79 Å². The second-order valence-corrected chi connectivity index (χ2v) is 5.09. The number of halogens is 2. The van der Waals surface area contributed by atoms with Gasteiger partial charge in [-0.2, -0.15) is 5.26 Å². The van der Waals surface area contributed by atoms with Crippen LogP contribution in [0.25, 0.3) is 0 Å². The number of hydrogen-bond donors (Lipinski definition) is 2. The van der Waals surface area contributed by atoms with Crippen LogP contribution in [0.4, 0.5) is 15.8 Å². The number of rotatable bonds is 4. The second-order valence-electron chi connectivity index (χ2n) is 4.69. The maximum absolute atomic E-state index is 12.8. The number of benzene rings is 2. The molecule has 2 aromatic carbocycles. The molecule has 2 aromatic rings. The number of hydrogen-bond acceptors (Lipinski definition) is 3. The molecule has 2 N–H and O–H groups in total. The van der Waals surface area contributed by atoms with Crippen molar-refractivity contribution in [2.75, 3.05) is 10.6 Å². The quantitative estimate of drug-likeness (QED) is 0.651. The minimum Gasteiger partial charge on any atom is -0.360 e. The van der Waals surface area contributed by atoms with Gasteiger partial charge in [0, 0.05) is 22.6 Å². The molecule has 0 aliphatic carbocycles. The molecule has 0 fully saturated rings. The molecule has 116 valence electrons. The molecule has 1 amide bonds. The smallest absolute Gasteiger partial charge is 0.267 e. The molecule has 0 aliphatic heterocycles. The SMILES string of the molecule is Cc1c(Cl)cccc1N/C=C(/C#N)C(=O)Nc1ccc(F)cc1. The van der Waals surface area contributed by atoms with Crippen molar-refractivity contribution in [2.24, 2.45) is 0 Å². The molecule has 0 spiro atoms. The average molecular weight is 330 g/mol. The van der Waals surface area contributed by atoms with Crippen LogP contribution in [0, 0.1) is 24.1 Å². The van der Waals surface area contributed by atoms with Crippen molar-refractivity contribution in [1.82, 2.24) is 0 Å². The van der Waals surface area contributed by atoms with E-state index in [0.29, 0.717) is 16.4 Å². The van der Waals surface area contributed by atoms with Crippen molar-refractivity contribution >= 4 is 28.9 Å². The van der Waals surface area contributed by atoms with Crippen LogP contribution >= 0.6 is 11.6 Å². The third kappa shape index (κ3) is 4.31. The molecule has 0 atom stereocenters. The van der Waals surface area contributed by atoms with Gasteiger partial charge < -0.3 is 10.6 Å². The summed E-state index contributed by atoms with van der Waals surface area (Å²) >= 11 is 6.01. The van der Waals surface area contributed by atoms with Gasteiger partial charge in [0.2, 0.25) is 0 Å². The van der Waals surface area contributed by atoms with Crippen LogP contribution in [0.1, 0.15) is 5.56 Å². The fourth-order valence-corrected chi connectivity index (χ4v) is 1.97. The highest BCUT2D eigenvalue weighted by atomic mass is 35.5. The number of carbonyl (C=O) groups is 1. The van der Waals surface area contributed by atoms with Crippen molar-refractivity contribution in [2.45, 2.75) is 6.92 Å². The summed E-state index contributed by atoms with van der Waals surface area (Å²) in [6.07, 6.45) is 1.30. The lowest BCUT2D eigenvalue weighted by Gasteiger charge is -2.08. The van der Waals surface area contributed by atoms with E-state index in [1.807, 2.05) is 13.0 Å². The molecule has 0 saturated carbocycles. The van der Waals surface area contributed by atoms with E-state index in [9.17, 15) is 9.18 Å². The Kier molecular flexibility index (Phi) is 5.34. The monoisotopic (exact) mass is 329 g/mol. The molecule has 0 aromatic heterocycles. The number of anilines is 2. The van der Waals surface area contributed by atoms with Crippen molar-refractivity contribution in [1.29, 1.82) is 5.26 Å². The Labute approximate surface area is 138 Å². The first-order chi connectivity index (χ1) is 11.0. The van der Waals surface area contributed by atoms with Gasteiger partial charge in [-0.1, -0.05) is 17.7 Å². The molecule has 2 rings (SSSR count). The Morgan fingerprint density at radius 1 is 1.26 bits per heavy atom. The summed E-state index contributed by atoms with van der Waals surface area (Å²) in [5.74, 6) is -0.997. The first-order valence-electron chi connectivity index (χ1n) is 6.70. The minimum atomic E-state index is -0.591. The lowest BCUT2D eigenvalue weighted by molar-refractivity contribution is -0.112. The van der Waals surface area contributed by atoms with Gasteiger partial charge in [0.05, 0.1) is 0 Å². The number of carbonyl (C=O) groups excluding carboxylic acids is 1. The maximum atomic E-state index is 12.8. The molecule has 23 heavy (non-hydrogen) atoms. The van der Waals surface area contributed by atoms with Gasteiger partial charge >= 0.3 is 0 Å². The highest BCUT2D eigenvalue weighted by molar-refractivity contribution is 6.31. The van der Waals surface area contributed by atoms with Crippen molar-refractivity contribution < 1.29 is 9.18 Å². The highest BCUT2D eigenvalue weighted by Gasteiger charge is 2.10. The van der Waals surface area contributed by atoms with Crippen LogP contribution in [0.2, 0.25) is 5.02 Å². The number of nitriles is 1. The van der Waals surface area contributed by atoms with E-state index in [0.717, 1.165) is 5.56 Å². The lowest BCUT2D eigenvalue weighted by atomic mass is 10.2. The molecular weight excluding hydrogens is 317 g/mol. The second kappa shape index (κ2) is 7.43. The van der Waals surface area contributed by atoms with Crippen LogP contribution < -0.4 is 10.6 Å². The standard InChI is InChI=1S/C17H13ClFN3O/c1-11-15(18)3-2-4-16(11)21-10-12(9-20)17(23)22-14-7-5-13(19)6-8-14/h2-8,10,21H,1H3,(H,22,23)/b12-10-. The summed E-state index contributed by atoms with van der Waals surface area (Å²) in [6, 6.07) is 12.4. The molecule has 0 saturated heterocycles. The minimum absolute atomic E-state index is 0.117. The van der Waals surface area contributed by atoms with Crippen LogP contribution in [0.3, 0.4) is 0 Å². The molecule has 0 bridgehead atoms. The summed E-state index contributed by atoms with van der Waals surface area (Å²) in [4.78, 5) is 12.0. The topological polar surface area (TPSA) is 64.9 Å². The summed E-state index contributed by atoms with van der Waals surface area (Å²) < 4.78 is 12.8. The maximum Gasteiger partial charge on any atom is 0.267 e. The Morgan fingerprint density at radius 3 is 2.61 bits per heavy atom. The van der Waals surface area contributed by atoms with Crippen molar-refractivity contribution in [3.63, 3.8) is 0 Å². The number of amides is 1. The summed E-state index contributed by atoms with van der Waals surface area (Å²) in [6.45, 7) is 1.82. The largest absolute Gasteiger partial charge is 0.360 e. The van der Waals surface area contributed by atoms with E-state index in [2.05, 4.69) is 10.6 Å². The van der Waals surface area contributed by atoms with E-state index in [1.54, 1.807) is 18.2 Å². The molecule has 0 radical (unpaired) electrons. The molecule has 0 aliphatic rings. The normalized spacial score (nSPS) is 10.8. The van der Waals surface area contributed by atoms with Crippen LogP contribution in [0.15, 0.2) is 54.2 Å². The fraction of sp³-hybridized carbons (Fsp3) is 0.0588. The first kappa shape index (κ1) is 16.5. The van der Waals surface area contributed by atoms with E-state index in [-0.39, 0.29) is 5.57 Å². The average Bonchev–Trinajstić information content (AvgIpc) is 2.54. The Hall–Kier alpha value is -2.84. The molecular formula is C17H13ClFN3O. The first-order valence-corrected chi connectivity index (χ1v) is 7.08. The van der Waals surface area contributed by atoms with Crippen molar-refractivity contribution in [3.8, 4) is 6.07 Å². The fourth-order valence-electron chi connectivity index (χ4n) is 1.79. The highest BCUT2D eigenvalue weighted by Crippen LogP contribution is 2.23. The van der Waals surface area contributed by atoms with Gasteiger partial charge in [0.15, 0.2) is 0 Å². The van der Waals surface area contributed by atoms with Gasteiger partial charge in [0.25, 0.3) is 5.91 Å². The number of nitrogens with zero attached hydrogens (tertiary/aromatic N) is 1. The summed E-state index contributed by atoms with van der Waals surface area (Å²) in [5.41, 5.74) is 1.78. The summed E-state index contributed by atoms with van der Waals surface area (Å²) in [7, 11) is 0. The molecule has 0 unspecified atom stereocenters. The zero-order valence-corrected chi connectivity index (χ0v) is 13.0. The van der Waals surface area contributed by atoms with E-state index < -0.39 is 11.7 Å². The van der Waals surface area contributed by atoms with Crippen molar-refractivity contribution in [3.05, 3.63) is 70.6 Å². The predicted octanol–water partition coefficient (Wildman–Crippen LogP) is 4.25. The Bertz CT molecular complexity index is 794. The Balaban J connectivity index is 2.12. The third-order valence-electron chi connectivity index (χ3n) is 3.11. The van der Waals surface area contributed by atoms with E-state index in [1.165, 1.54) is 30.5 Å². The van der Waals surface area contributed by atoms with E-state index in [4.69, 9.17) is 16.9 Å². The van der Waals surface area contributed by atoms with Gasteiger partial charge in [0.1, 0.15) is 17.5 Å². The van der Waals surface area contributed by atoms with Crippen LogP contribution in [-0.2, 0) is 4.79 Å². The van der Waals surface area contributed by atoms with E-state index >= 15 is 0 Å². The Morgan fingerprint density at radius 2 is 1.96 bits per heavy atom. The van der Waals surface area contributed by atoms with Gasteiger partial charge in [-0.15, -0.1) is 0 Å².